The molecule has 1 aliphatic rings. The van der Waals surface area contributed by atoms with Crippen LogP contribution in [0.5, 0.6) is 0 Å². The summed E-state index contributed by atoms with van der Waals surface area (Å²) >= 11 is 0. The Morgan fingerprint density at radius 1 is 1.03 bits per heavy atom. The molecule has 2 amide bonds. The summed E-state index contributed by atoms with van der Waals surface area (Å²) in [7, 11) is -3.67. The third kappa shape index (κ3) is 5.49. The zero-order chi connectivity index (χ0) is 26.7. The van der Waals surface area contributed by atoms with Crippen molar-refractivity contribution in [1.29, 1.82) is 0 Å². The van der Waals surface area contributed by atoms with Crippen molar-refractivity contribution < 1.29 is 18.0 Å². The number of rotatable bonds is 10. The average Bonchev–Trinajstić information content (AvgIpc) is 3.06. The van der Waals surface area contributed by atoms with E-state index < -0.39 is 16.1 Å². The third-order valence-electron chi connectivity index (χ3n) is 6.69. The number of nitrogens with one attached hydrogen (secondary N) is 1. The van der Waals surface area contributed by atoms with Gasteiger partial charge in [0.05, 0.1) is 10.6 Å². The van der Waals surface area contributed by atoms with E-state index in [9.17, 15) is 18.0 Å². The fourth-order valence-electron chi connectivity index (χ4n) is 5.02. The molecule has 0 bridgehead atoms. The van der Waals surface area contributed by atoms with Gasteiger partial charge in [-0.05, 0) is 56.7 Å². The van der Waals surface area contributed by atoms with Gasteiger partial charge >= 0.3 is 0 Å². The summed E-state index contributed by atoms with van der Waals surface area (Å²) in [6.45, 7) is 8.19. The fourth-order valence-corrected chi connectivity index (χ4v) is 6.77. The molecule has 7 nitrogen and oxygen atoms in total. The van der Waals surface area contributed by atoms with Crippen LogP contribution in [0.3, 0.4) is 0 Å². The van der Waals surface area contributed by atoms with Gasteiger partial charge in [0.2, 0.25) is 11.8 Å². The van der Waals surface area contributed by atoms with Crippen molar-refractivity contribution in [1.82, 2.24) is 10.2 Å². The number of amides is 2. The van der Waals surface area contributed by atoms with Gasteiger partial charge in [-0.25, -0.2) is 8.42 Å². The van der Waals surface area contributed by atoms with Gasteiger partial charge in [-0.1, -0.05) is 61.0 Å². The number of nitrogens with zero attached hydrogens (tertiary/aromatic N) is 2. The minimum absolute atomic E-state index is 0.0396. The number of aryl methyl sites for hydroxylation is 1. The highest BCUT2D eigenvalue weighted by Crippen LogP contribution is 2.42. The smallest absolute Gasteiger partial charge is 0.265 e. The number of sulfonamides is 1. The Morgan fingerprint density at radius 3 is 2.41 bits per heavy atom. The second kappa shape index (κ2) is 10.9. The molecular weight excluding hydrogens is 486 g/mol. The molecule has 0 unspecified atom stereocenters. The quantitative estimate of drug-likeness (QED) is 0.416. The molecule has 0 saturated carbocycles. The van der Waals surface area contributed by atoms with Crippen LogP contribution in [0.2, 0.25) is 0 Å². The van der Waals surface area contributed by atoms with E-state index in [-0.39, 0.29) is 30.8 Å². The monoisotopic (exact) mass is 521 g/mol. The largest absolute Gasteiger partial charge is 0.352 e. The molecule has 0 fully saturated rings. The third-order valence-corrected chi connectivity index (χ3v) is 8.54. The van der Waals surface area contributed by atoms with Gasteiger partial charge in [-0.3, -0.25) is 13.9 Å². The normalized spacial score (nSPS) is 14.7. The zero-order valence-corrected chi connectivity index (χ0v) is 22.7. The molecule has 1 N–H and O–H groups in total. The molecular formula is C29H35N3O4S. The summed E-state index contributed by atoms with van der Waals surface area (Å²) in [6.07, 6.45) is 0.957. The van der Waals surface area contributed by atoms with Crippen LogP contribution in [-0.2, 0) is 26.2 Å². The fraction of sp³-hybridized carbons (Fsp3) is 0.379. The minimum atomic E-state index is -3.67. The number of hydrogen-bond acceptors (Lipinski definition) is 4. The number of carbonyl (C=O) groups excluding carboxylic acids is 2. The van der Waals surface area contributed by atoms with Crippen molar-refractivity contribution in [3.05, 3.63) is 71.8 Å². The predicted octanol–water partition coefficient (Wildman–Crippen LogP) is 4.77. The molecule has 3 aromatic carbocycles. The lowest BCUT2D eigenvalue weighted by Crippen LogP contribution is -2.50. The summed E-state index contributed by atoms with van der Waals surface area (Å²) < 4.78 is 28.0. The molecule has 4 rings (SSSR count). The molecule has 196 valence electrons. The number of anilines is 1. The molecule has 8 heteroatoms. The van der Waals surface area contributed by atoms with Crippen LogP contribution < -0.4 is 9.62 Å². The van der Waals surface area contributed by atoms with E-state index in [1.165, 1.54) is 4.31 Å². The first-order valence-electron chi connectivity index (χ1n) is 12.8. The SMILES string of the molecule is CC[C@H](C(=O)NC(C)C)N(Cc1cccc(C)c1)C(=O)CCCN1c2cccc3cccc(c23)S1(=O)=O. The summed E-state index contributed by atoms with van der Waals surface area (Å²) in [5, 5.41) is 4.55. The van der Waals surface area contributed by atoms with Crippen LogP contribution in [0.25, 0.3) is 10.8 Å². The van der Waals surface area contributed by atoms with E-state index in [4.69, 9.17) is 0 Å². The topological polar surface area (TPSA) is 86.8 Å². The van der Waals surface area contributed by atoms with E-state index >= 15 is 0 Å². The first-order chi connectivity index (χ1) is 17.6. The maximum Gasteiger partial charge on any atom is 0.265 e. The molecule has 1 atom stereocenters. The molecule has 0 aliphatic carbocycles. The molecule has 3 aromatic rings. The molecule has 0 spiro atoms. The lowest BCUT2D eigenvalue weighted by molar-refractivity contribution is -0.141. The predicted molar refractivity (Wildman–Crippen MR) is 147 cm³/mol. The maximum absolute atomic E-state index is 13.5. The van der Waals surface area contributed by atoms with Gasteiger partial charge in [0.1, 0.15) is 6.04 Å². The first kappa shape index (κ1) is 26.7. The van der Waals surface area contributed by atoms with E-state index in [0.29, 0.717) is 30.0 Å². The highest BCUT2D eigenvalue weighted by Gasteiger charge is 2.35. The Hall–Kier alpha value is -3.39. The molecule has 1 aliphatic heterocycles. The Morgan fingerprint density at radius 2 is 1.73 bits per heavy atom. The van der Waals surface area contributed by atoms with Crippen molar-refractivity contribution in [3.63, 3.8) is 0 Å². The van der Waals surface area contributed by atoms with Gasteiger partial charge in [-0.2, -0.15) is 0 Å². The van der Waals surface area contributed by atoms with Crippen molar-refractivity contribution >= 4 is 38.3 Å². The van der Waals surface area contributed by atoms with E-state index in [1.807, 2.05) is 76.2 Å². The Balaban J connectivity index is 1.52. The summed E-state index contributed by atoms with van der Waals surface area (Å²) in [5.74, 6) is -0.345. The molecule has 1 heterocycles. The summed E-state index contributed by atoms with van der Waals surface area (Å²) in [6, 6.07) is 18.1. The number of carbonyl (C=O) groups is 2. The lowest BCUT2D eigenvalue weighted by Gasteiger charge is -2.31. The van der Waals surface area contributed by atoms with E-state index in [2.05, 4.69) is 5.32 Å². The summed E-state index contributed by atoms with van der Waals surface area (Å²) in [4.78, 5) is 28.5. The van der Waals surface area contributed by atoms with Crippen molar-refractivity contribution in [2.24, 2.45) is 0 Å². The standard InChI is InChI=1S/C29H35N3O4S/c1-5-24(29(34)30-20(2)3)31(19-22-11-6-10-21(4)18-22)27(33)16-9-17-32-25-14-7-12-23-13-8-15-26(28(23)25)37(32,35)36/h6-8,10-15,18,20,24H,5,9,16-17,19H2,1-4H3,(H,30,34)/t24-/m1/s1. The summed E-state index contributed by atoms with van der Waals surface area (Å²) in [5.41, 5.74) is 2.69. The average molecular weight is 522 g/mol. The lowest BCUT2D eigenvalue weighted by atomic mass is 10.1. The van der Waals surface area contributed by atoms with Gasteiger partial charge in [-0.15, -0.1) is 0 Å². The number of benzene rings is 3. The second-order valence-corrected chi connectivity index (χ2v) is 11.7. The van der Waals surface area contributed by atoms with Crippen molar-refractivity contribution in [3.8, 4) is 0 Å². The molecule has 37 heavy (non-hydrogen) atoms. The van der Waals surface area contributed by atoms with Gasteiger partial charge < -0.3 is 10.2 Å². The Labute approximate surface area is 219 Å². The van der Waals surface area contributed by atoms with Gasteiger partial charge in [0, 0.05) is 30.9 Å². The zero-order valence-electron chi connectivity index (χ0n) is 21.9. The highest BCUT2D eigenvalue weighted by atomic mass is 32.2. The van der Waals surface area contributed by atoms with E-state index in [0.717, 1.165) is 21.9 Å². The van der Waals surface area contributed by atoms with Crippen molar-refractivity contribution in [2.45, 2.75) is 70.5 Å². The molecule has 0 radical (unpaired) electrons. The first-order valence-corrected chi connectivity index (χ1v) is 14.3. The van der Waals surface area contributed by atoms with Gasteiger partial charge in [0.25, 0.3) is 10.0 Å². The second-order valence-electron chi connectivity index (χ2n) is 9.91. The van der Waals surface area contributed by atoms with Crippen LogP contribution >= 0.6 is 0 Å². The molecule has 0 saturated heterocycles. The minimum Gasteiger partial charge on any atom is -0.352 e. The Kier molecular flexibility index (Phi) is 7.87. The van der Waals surface area contributed by atoms with Crippen LogP contribution in [0.1, 0.15) is 51.2 Å². The van der Waals surface area contributed by atoms with Crippen molar-refractivity contribution in [2.75, 3.05) is 10.8 Å². The van der Waals surface area contributed by atoms with E-state index in [1.54, 1.807) is 17.0 Å². The Bertz CT molecular complexity index is 1410. The van der Waals surface area contributed by atoms with Crippen LogP contribution in [0.4, 0.5) is 5.69 Å². The highest BCUT2D eigenvalue weighted by molar-refractivity contribution is 7.93. The number of hydrogen-bond donors (Lipinski definition) is 1. The van der Waals surface area contributed by atoms with Crippen LogP contribution in [0, 0.1) is 6.92 Å². The van der Waals surface area contributed by atoms with Crippen LogP contribution in [-0.4, -0.2) is 43.8 Å². The van der Waals surface area contributed by atoms with Gasteiger partial charge in [0.15, 0.2) is 0 Å². The maximum atomic E-state index is 13.5. The molecule has 0 aromatic heterocycles. The van der Waals surface area contributed by atoms with Crippen LogP contribution in [0.15, 0.2) is 65.6 Å².